The molecular weight excluding hydrogens is 360 g/mol. The third kappa shape index (κ3) is 4.75. The standard InChI is InChI=1S/C24H30N4O/c1-19-24(20(2)28(26-19)23-10-4-3-5-11-23)17-25-16-21-8-6-7-9-22(21)18-27-12-14-29-15-13-27/h3-11,25H,12-18H2,1-2H3. The van der Waals surface area contributed by atoms with Crippen molar-refractivity contribution < 1.29 is 4.74 Å². The Balaban J connectivity index is 1.41. The van der Waals surface area contributed by atoms with Crippen LogP contribution in [0.5, 0.6) is 0 Å². The molecule has 1 aromatic heterocycles. The first-order valence-corrected chi connectivity index (χ1v) is 10.4. The van der Waals surface area contributed by atoms with Gasteiger partial charge in [0.1, 0.15) is 0 Å². The molecule has 1 aliphatic rings. The van der Waals surface area contributed by atoms with Crippen LogP contribution in [0.1, 0.15) is 28.1 Å². The number of nitrogens with zero attached hydrogens (tertiary/aromatic N) is 3. The van der Waals surface area contributed by atoms with Crippen molar-refractivity contribution in [1.82, 2.24) is 20.0 Å². The second kappa shape index (κ2) is 9.35. The van der Waals surface area contributed by atoms with Crippen LogP contribution in [0.2, 0.25) is 0 Å². The first-order chi connectivity index (χ1) is 14.2. The molecule has 0 bridgehead atoms. The normalized spacial score (nSPS) is 15.0. The maximum absolute atomic E-state index is 5.48. The summed E-state index contributed by atoms with van der Waals surface area (Å²) in [6, 6.07) is 19.1. The summed E-state index contributed by atoms with van der Waals surface area (Å²) in [5.41, 5.74) is 7.43. The Labute approximate surface area is 173 Å². The van der Waals surface area contributed by atoms with Gasteiger partial charge in [-0.05, 0) is 37.1 Å². The summed E-state index contributed by atoms with van der Waals surface area (Å²) in [7, 11) is 0. The molecule has 0 atom stereocenters. The highest BCUT2D eigenvalue weighted by atomic mass is 16.5. The number of nitrogens with one attached hydrogen (secondary N) is 1. The lowest BCUT2D eigenvalue weighted by Gasteiger charge is -2.27. The van der Waals surface area contributed by atoms with Gasteiger partial charge < -0.3 is 10.1 Å². The summed E-state index contributed by atoms with van der Waals surface area (Å²) >= 11 is 0. The predicted molar refractivity (Wildman–Crippen MR) is 116 cm³/mol. The third-order valence-electron chi connectivity index (χ3n) is 5.68. The van der Waals surface area contributed by atoms with Crippen LogP contribution in [-0.4, -0.2) is 41.0 Å². The van der Waals surface area contributed by atoms with Gasteiger partial charge >= 0.3 is 0 Å². The van der Waals surface area contributed by atoms with E-state index in [9.17, 15) is 0 Å². The quantitative estimate of drug-likeness (QED) is 0.669. The summed E-state index contributed by atoms with van der Waals surface area (Å²) in [5.74, 6) is 0. The molecule has 0 aliphatic carbocycles. The molecule has 0 amide bonds. The third-order valence-corrected chi connectivity index (χ3v) is 5.68. The Hall–Kier alpha value is -2.47. The van der Waals surface area contributed by atoms with Crippen LogP contribution in [-0.2, 0) is 24.4 Å². The Morgan fingerprint density at radius 2 is 1.59 bits per heavy atom. The van der Waals surface area contributed by atoms with E-state index in [0.717, 1.165) is 57.3 Å². The van der Waals surface area contributed by atoms with Crippen molar-refractivity contribution in [2.24, 2.45) is 0 Å². The second-order valence-electron chi connectivity index (χ2n) is 7.66. The maximum atomic E-state index is 5.48. The van der Waals surface area contributed by atoms with Crippen molar-refractivity contribution in [2.75, 3.05) is 26.3 Å². The van der Waals surface area contributed by atoms with E-state index >= 15 is 0 Å². The minimum atomic E-state index is 0.816. The molecule has 0 unspecified atom stereocenters. The molecule has 1 fully saturated rings. The van der Waals surface area contributed by atoms with Crippen LogP contribution in [0.3, 0.4) is 0 Å². The van der Waals surface area contributed by atoms with E-state index in [1.807, 2.05) is 10.7 Å². The fraction of sp³-hybridized carbons (Fsp3) is 0.375. The number of aromatic nitrogens is 2. The van der Waals surface area contributed by atoms with E-state index in [1.54, 1.807) is 0 Å². The topological polar surface area (TPSA) is 42.3 Å². The highest BCUT2D eigenvalue weighted by Crippen LogP contribution is 2.18. The number of aryl methyl sites for hydroxylation is 1. The number of morpholine rings is 1. The lowest BCUT2D eigenvalue weighted by atomic mass is 10.1. The zero-order valence-corrected chi connectivity index (χ0v) is 17.4. The van der Waals surface area contributed by atoms with E-state index in [0.29, 0.717) is 0 Å². The van der Waals surface area contributed by atoms with Gasteiger partial charge in [-0.2, -0.15) is 5.10 Å². The smallest absolute Gasteiger partial charge is 0.0648 e. The molecule has 0 radical (unpaired) electrons. The Kier molecular flexibility index (Phi) is 6.39. The van der Waals surface area contributed by atoms with Crippen LogP contribution >= 0.6 is 0 Å². The van der Waals surface area contributed by atoms with E-state index in [1.165, 1.54) is 22.4 Å². The predicted octanol–water partition coefficient (Wildman–Crippen LogP) is 3.61. The Morgan fingerprint density at radius 3 is 2.34 bits per heavy atom. The van der Waals surface area contributed by atoms with Gasteiger partial charge in [-0.3, -0.25) is 4.90 Å². The SMILES string of the molecule is Cc1nn(-c2ccccc2)c(C)c1CNCc1ccccc1CN1CCOCC1. The zero-order valence-electron chi connectivity index (χ0n) is 17.4. The summed E-state index contributed by atoms with van der Waals surface area (Å²) in [6.45, 7) is 10.6. The van der Waals surface area contributed by atoms with E-state index in [-0.39, 0.29) is 0 Å². The Morgan fingerprint density at radius 1 is 0.897 bits per heavy atom. The fourth-order valence-electron chi connectivity index (χ4n) is 3.96. The molecule has 1 saturated heterocycles. The van der Waals surface area contributed by atoms with Gasteiger partial charge in [-0.25, -0.2) is 4.68 Å². The molecule has 5 nitrogen and oxygen atoms in total. The highest BCUT2D eigenvalue weighted by molar-refractivity contribution is 5.37. The molecule has 3 aromatic rings. The molecule has 0 saturated carbocycles. The number of para-hydroxylation sites is 1. The first kappa shape index (κ1) is 19.8. The molecule has 0 spiro atoms. The molecule has 5 heteroatoms. The Bertz CT molecular complexity index is 929. The van der Waals surface area contributed by atoms with Gasteiger partial charge in [0, 0.05) is 44.0 Å². The first-order valence-electron chi connectivity index (χ1n) is 10.4. The number of hydrogen-bond acceptors (Lipinski definition) is 4. The molecule has 152 valence electrons. The van der Waals surface area contributed by atoms with Crippen molar-refractivity contribution >= 4 is 0 Å². The van der Waals surface area contributed by atoms with E-state index in [4.69, 9.17) is 9.84 Å². The average molecular weight is 391 g/mol. The molecule has 29 heavy (non-hydrogen) atoms. The monoisotopic (exact) mass is 390 g/mol. The van der Waals surface area contributed by atoms with Crippen LogP contribution in [0.4, 0.5) is 0 Å². The van der Waals surface area contributed by atoms with Crippen molar-refractivity contribution in [1.29, 1.82) is 0 Å². The lowest BCUT2D eigenvalue weighted by molar-refractivity contribution is 0.0340. The summed E-state index contributed by atoms with van der Waals surface area (Å²) in [5, 5.41) is 8.40. The van der Waals surface area contributed by atoms with Crippen LogP contribution < -0.4 is 5.32 Å². The zero-order chi connectivity index (χ0) is 20.1. The van der Waals surface area contributed by atoms with Crippen molar-refractivity contribution in [2.45, 2.75) is 33.5 Å². The summed E-state index contributed by atoms with van der Waals surface area (Å²) < 4.78 is 7.52. The average Bonchev–Trinajstić information content (AvgIpc) is 3.04. The maximum Gasteiger partial charge on any atom is 0.0648 e. The van der Waals surface area contributed by atoms with E-state index < -0.39 is 0 Å². The van der Waals surface area contributed by atoms with Crippen molar-refractivity contribution in [3.05, 3.63) is 82.7 Å². The largest absolute Gasteiger partial charge is 0.379 e. The minimum Gasteiger partial charge on any atom is -0.379 e. The van der Waals surface area contributed by atoms with Gasteiger partial charge in [0.25, 0.3) is 0 Å². The minimum absolute atomic E-state index is 0.816. The van der Waals surface area contributed by atoms with Crippen LogP contribution in [0.25, 0.3) is 5.69 Å². The van der Waals surface area contributed by atoms with Crippen molar-refractivity contribution in [3.8, 4) is 5.69 Å². The van der Waals surface area contributed by atoms with Crippen LogP contribution in [0.15, 0.2) is 54.6 Å². The van der Waals surface area contributed by atoms with Gasteiger partial charge in [0.05, 0.1) is 24.6 Å². The van der Waals surface area contributed by atoms with Crippen molar-refractivity contribution in [3.63, 3.8) is 0 Å². The highest BCUT2D eigenvalue weighted by Gasteiger charge is 2.14. The number of hydrogen-bond donors (Lipinski definition) is 1. The molecule has 2 aromatic carbocycles. The van der Waals surface area contributed by atoms with E-state index in [2.05, 4.69) is 72.6 Å². The van der Waals surface area contributed by atoms with Gasteiger partial charge in [-0.1, -0.05) is 42.5 Å². The molecule has 4 rings (SSSR count). The van der Waals surface area contributed by atoms with Crippen LogP contribution in [0, 0.1) is 13.8 Å². The number of benzene rings is 2. The summed E-state index contributed by atoms with van der Waals surface area (Å²) in [6.07, 6.45) is 0. The number of ether oxygens (including phenoxy) is 1. The molecule has 1 N–H and O–H groups in total. The lowest BCUT2D eigenvalue weighted by Crippen LogP contribution is -2.36. The van der Waals surface area contributed by atoms with Gasteiger partial charge in [-0.15, -0.1) is 0 Å². The fourth-order valence-corrected chi connectivity index (χ4v) is 3.96. The molecule has 2 heterocycles. The second-order valence-corrected chi connectivity index (χ2v) is 7.66. The van der Waals surface area contributed by atoms with Gasteiger partial charge in [0.15, 0.2) is 0 Å². The summed E-state index contributed by atoms with van der Waals surface area (Å²) in [4.78, 5) is 2.47. The van der Waals surface area contributed by atoms with Gasteiger partial charge in [0.2, 0.25) is 0 Å². The molecule has 1 aliphatic heterocycles. The number of rotatable bonds is 7. The molecular formula is C24H30N4O.